The summed E-state index contributed by atoms with van der Waals surface area (Å²) in [6, 6.07) is 0. The highest BCUT2D eigenvalue weighted by molar-refractivity contribution is 4.87. The lowest BCUT2D eigenvalue weighted by Crippen LogP contribution is -2.41. The van der Waals surface area contributed by atoms with Gasteiger partial charge in [0.2, 0.25) is 0 Å². The van der Waals surface area contributed by atoms with Crippen LogP contribution in [0.25, 0.3) is 0 Å². The van der Waals surface area contributed by atoms with Gasteiger partial charge in [0, 0.05) is 6.61 Å². The summed E-state index contributed by atoms with van der Waals surface area (Å²) in [6.45, 7) is 24.3. The van der Waals surface area contributed by atoms with Crippen LogP contribution < -0.4 is 0 Å². The molecular weight excluding hydrogens is 292 g/mol. The molecule has 146 valence electrons. The summed E-state index contributed by atoms with van der Waals surface area (Å²) in [5.74, 6) is 0.572. The Labute approximate surface area is 154 Å². The first-order chi connectivity index (χ1) is 10.7. The summed E-state index contributed by atoms with van der Waals surface area (Å²) in [4.78, 5) is 0. The van der Waals surface area contributed by atoms with Gasteiger partial charge in [-0.05, 0) is 41.9 Å². The summed E-state index contributed by atoms with van der Waals surface area (Å²) in [5, 5.41) is 0. The van der Waals surface area contributed by atoms with Crippen molar-refractivity contribution in [2.75, 3.05) is 6.61 Å². The van der Waals surface area contributed by atoms with Crippen molar-refractivity contribution in [1.29, 1.82) is 0 Å². The van der Waals surface area contributed by atoms with E-state index in [1.807, 2.05) is 0 Å². The highest BCUT2D eigenvalue weighted by atomic mass is 16.5. The van der Waals surface area contributed by atoms with E-state index in [1.54, 1.807) is 0 Å². The van der Waals surface area contributed by atoms with E-state index >= 15 is 0 Å². The Morgan fingerprint density at radius 3 is 1.46 bits per heavy atom. The Morgan fingerprint density at radius 2 is 1.04 bits per heavy atom. The van der Waals surface area contributed by atoms with Crippen LogP contribution in [0, 0.1) is 22.2 Å². The maximum Gasteiger partial charge on any atom is 0.0585 e. The lowest BCUT2D eigenvalue weighted by atomic mass is 9.64. The first-order valence-electron chi connectivity index (χ1n) is 10.4. The summed E-state index contributed by atoms with van der Waals surface area (Å²) in [6.07, 6.45) is 9.75. The zero-order chi connectivity index (χ0) is 19.0. The number of rotatable bonds is 10. The Kier molecular flexibility index (Phi) is 10.2. The number of hydrogen-bond acceptors (Lipinski definition) is 1. The van der Waals surface area contributed by atoms with Crippen LogP contribution in [0.15, 0.2) is 0 Å². The molecule has 0 saturated carbocycles. The highest BCUT2D eigenvalue weighted by Gasteiger charge is 2.39. The average Bonchev–Trinajstić information content (AvgIpc) is 2.31. The molecule has 0 rings (SSSR count). The van der Waals surface area contributed by atoms with Crippen molar-refractivity contribution in [2.45, 2.75) is 120 Å². The third-order valence-corrected chi connectivity index (χ3v) is 5.04. The molecule has 0 amide bonds. The van der Waals surface area contributed by atoms with Crippen molar-refractivity contribution in [3.05, 3.63) is 0 Å². The molecule has 24 heavy (non-hydrogen) atoms. The fourth-order valence-electron chi connectivity index (χ4n) is 4.54. The molecule has 0 bridgehead atoms. The second-order valence-corrected chi connectivity index (χ2v) is 11.2. The minimum Gasteiger partial charge on any atom is -0.378 e. The van der Waals surface area contributed by atoms with Gasteiger partial charge in [-0.15, -0.1) is 0 Å². The van der Waals surface area contributed by atoms with Gasteiger partial charge in [0.25, 0.3) is 0 Å². The number of unbranched alkanes of at least 4 members (excludes halogenated alkanes) is 5. The molecule has 0 heterocycles. The second-order valence-electron chi connectivity index (χ2n) is 11.2. The number of ether oxygens (including phenoxy) is 1. The summed E-state index contributed by atoms with van der Waals surface area (Å²) in [5.41, 5.74) is 1.07. The lowest BCUT2D eigenvalue weighted by molar-refractivity contribution is -0.0608. The Balaban J connectivity index is 3.87. The molecule has 1 atom stereocenters. The summed E-state index contributed by atoms with van der Waals surface area (Å²) >= 11 is 0. The van der Waals surface area contributed by atoms with Gasteiger partial charge in [0.15, 0.2) is 0 Å². The summed E-state index contributed by atoms with van der Waals surface area (Å²) < 4.78 is 6.23. The van der Waals surface area contributed by atoms with E-state index in [4.69, 9.17) is 4.74 Å². The maximum absolute atomic E-state index is 6.23. The van der Waals surface area contributed by atoms with E-state index in [9.17, 15) is 0 Å². The molecule has 0 fully saturated rings. The van der Waals surface area contributed by atoms with Gasteiger partial charge in [-0.1, -0.05) is 94.4 Å². The van der Waals surface area contributed by atoms with Crippen LogP contribution in [0.3, 0.4) is 0 Å². The third-order valence-electron chi connectivity index (χ3n) is 5.04. The molecule has 0 spiro atoms. The summed E-state index contributed by atoms with van der Waals surface area (Å²) in [7, 11) is 0. The molecular formula is C23H48O. The van der Waals surface area contributed by atoms with Gasteiger partial charge >= 0.3 is 0 Å². The Morgan fingerprint density at radius 1 is 0.625 bits per heavy atom. The minimum absolute atomic E-state index is 0.282. The van der Waals surface area contributed by atoms with E-state index in [0.717, 1.165) is 6.61 Å². The molecule has 1 nitrogen and oxygen atoms in total. The van der Waals surface area contributed by atoms with Crippen LogP contribution in [-0.4, -0.2) is 12.7 Å². The standard InChI is InChI=1S/C23H48O/c1-19(20(22(5,6)7)23(8,9)10)24-18-16-14-12-11-13-15-17-21(2,3)4/h19-20H,11-18H2,1-10H3. The normalized spacial score (nSPS) is 15.1. The maximum atomic E-state index is 6.23. The van der Waals surface area contributed by atoms with Gasteiger partial charge in [-0.3, -0.25) is 0 Å². The van der Waals surface area contributed by atoms with Crippen LogP contribution >= 0.6 is 0 Å². The van der Waals surface area contributed by atoms with Crippen molar-refractivity contribution >= 4 is 0 Å². The van der Waals surface area contributed by atoms with Crippen LogP contribution in [0.1, 0.15) is 114 Å². The monoisotopic (exact) mass is 340 g/mol. The fraction of sp³-hybridized carbons (Fsp3) is 1.00. The van der Waals surface area contributed by atoms with E-state index in [-0.39, 0.29) is 10.8 Å². The molecule has 0 aliphatic heterocycles. The molecule has 0 radical (unpaired) electrons. The van der Waals surface area contributed by atoms with E-state index < -0.39 is 0 Å². The second kappa shape index (κ2) is 10.2. The topological polar surface area (TPSA) is 9.23 Å². The molecule has 0 aliphatic carbocycles. The van der Waals surface area contributed by atoms with Crippen molar-refractivity contribution in [2.24, 2.45) is 22.2 Å². The van der Waals surface area contributed by atoms with Gasteiger partial charge in [-0.25, -0.2) is 0 Å². The van der Waals surface area contributed by atoms with Gasteiger partial charge in [0.1, 0.15) is 0 Å². The van der Waals surface area contributed by atoms with Gasteiger partial charge in [0.05, 0.1) is 6.10 Å². The minimum atomic E-state index is 0.282. The largest absolute Gasteiger partial charge is 0.378 e. The van der Waals surface area contributed by atoms with Gasteiger partial charge in [-0.2, -0.15) is 0 Å². The van der Waals surface area contributed by atoms with Crippen LogP contribution in [-0.2, 0) is 4.74 Å². The SMILES string of the molecule is CC(OCCCCCCCCC(C)(C)C)C(C(C)(C)C)C(C)(C)C. The molecule has 0 aromatic rings. The van der Waals surface area contributed by atoms with Crippen molar-refractivity contribution in [1.82, 2.24) is 0 Å². The first-order valence-corrected chi connectivity index (χ1v) is 10.4. The lowest BCUT2D eigenvalue weighted by Gasteiger charge is -2.44. The van der Waals surface area contributed by atoms with Gasteiger partial charge < -0.3 is 4.74 Å². The fourth-order valence-corrected chi connectivity index (χ4v) is 4.54. The van der Waals surface area contributed by atoms with E-state index in [2.05, 4.69) is 69.2 Å². The molecule has 0 aromatic heterocycles. The zero-order valence-corrected chi connectivity index (χ0v) is 18.7. The van der Waals surface area contributed by atoms with E-state index in [1.165, 1.54) is 44.9 Å². The molecule has 0 N–H and O–H groups in total. The molecule has 0 saturated heterocycles. The van der Waals surface area contributed by atoms with E-state index in [0.29, 0.717) is 17.4 Å². The quantitative estimate of drug-likeness (QED) is 0.367. The van der Waals surface area contributed by atoms with Crippen LogP contribution in [0.4, 0.5) is 0 Å². The van der Waals surface area contributed by atoms with Crippen molar-refractivity contribution in [3.8, 4) is 0 Å². The first kappa shape index (κ1) is 24.0. The highest BCUT2D eigenvalue weighted by Crippen LogP contribution is 2.43. The zero-order valence-electron chi connectivity index (χ0n) is 18.7. The molecule has 0 aliphatic rings. The van der Waals surface area contributed by atoms with Crippen LogP contribution in [0.5, 0.6) is 0 Å². The van der Waals surface area contributed by atoms with Crippen molar-refractivity contribution in [3.63, 3.8) is 0 Å². The Hall–Kier alpha value is -0.0400. The predicted octanol–water partition coefficient (Wildman–Crippen LogP) is 7.88. The molecule has 0 aromatic carbocycles. The smallest absolute Gasteiger partial charge is 0.0585 e. The predicted molar refractivity (Wildman–Crippen MR) is 110 cm³/mol. The molecule has 1 unspecified atom stereocenters. The Bertz CT molecular complexity index is 296. The van der Waals surface area contributed by atoms with Crippen LogP contribution in [0.2, 0.25) is 0 Å². The molecule has 1 heteroatoms. The number of hydrogen-bond donors (Lipinski definition) is 0. The van der Waals surface area contributed by atoms with Crippen molar-refractivity contribution < 1.29 is 4.74 Å². The average molecular weight is 341 g/mol. The third kappa shape index (κ3) is 11.5.